The number of ether oxygens (including phenoxy) is 1. The molecule has 3 amide bonds. The summed E-state index contributed by atoms with van der Waals surface area (Å²) in [6.07, 6.45) is 1.27. The molecule has 8 nitrogen and oxygen atoms in total. The van der Waals surface area contributed by atoms with Gasteiger partial charge in [-0.3, -0.25) is 14.4 Å². The van der Waals surface area contributed by atoms with E-state index in [-0.39, 0.29) is 23.6 Å². The predicted molar refractivity (Wildman–Crippen MR) is 136 cm³/mol. The first-order valence-corrected chi connectivity index (χ1v) is 12.9. The maximum Gasteiger partial charge on any atom is 0.247 e. The number of nitrogens with one attached hydrogen (secondary N) is 1. The molecule has 0 aromatic heterocycles. The lowest BCUT2D eigenvalue weighted by Crippen LogP contribution is -2.53. The van der Waals surface area contributed by atoms with E-state index in [2.05, 4.69) is 16.3 Å². The van der Waals surface area contributed by atoms with Crippen LogP contribution in [0.1, 0.15) is 12.8 Å². The molecule has 0 bridgehead atoms. The lowest BCUT2D eigenvalue weighted by Gasteiger charge is -2.40. The molecule has 2 saturated heterocycles. The molecule has 3 aliphatic rings. The smallest absolute Gasteiger partial charge is 0.247 e. The van der Waals surface area contributed by atoms with Gasteiger partial charge in [0.05, 0.1) is 12.8 Å². The third-order valence-corrected chi connectivity index (χ3v) is 8.28. The van der Waals surface area contributed by atoms with Crippen LogP contribution in [0.2, 0.25) is 0 Å². The normalized spacial score (nSPS) is 20.8. The van der Waals surface area contributed by atoms with Gasteiger partial charge in [-0.25, -0.2) is 0 Å². The third-order valence-electron chi connectivity index (χ3n) is 7.02. The van der Waals surface area contributed by atoms with Crippen LogP contribution in [0.5, 0.6) is 5.75 Å². The van der Waals surface area contributed by atoms with Gasteiger partial charge in [0, 0.05) is 61.8 Å². The first-order chi connectivity index (χ1) is 17.0. The topological polar surface area (TPSA) is 82.2 Å². The van der Waals surface area contributed by atoms with E-state index in [1.165, 1.54) is 11.8 Å². The summed E-state index contributed by atoms with van der Waals surface area (Å²) < 4.78 is 5.33. The van der Waals surface area contributed by atoms with Gasteiger partial charge in [-0.05, 0) is 37.1 Å². The standard InChI is InChI=1S/C26H30N4O4S/c1-34-20-6-4-5-19(17-20)28-13-15-30(16-14-28)25(32)18-9-11-29(12-10-18)26(33)23-24(31)27-21-7-2-3-8-22(21)35-23/h2-8,17-18,23H,9-16H2,1H3,(H,27,31)/t23-/m1/s1. The van der Waals surface area contributed by atoms with Crippen LogP contribution in [0.15, 0.2) is 53.4 Å². The zero-order valence-corrected chi connectivity index (χ0v) is 20.6. The Hall–Kier alpha value is -3.20. The molecule has 0 unspecified atom stereocenters. The van der Waals surface area contributed by atoms with Gasteiger partial charge in [0.25, 0.3) is 0 Å². The van der Waals surface area contributed by atoms with E-state index < -0.39 is 5.25 Å². The summed E-state index contributed by atoms with van der Waals surface area (Å²) in [6, 6.07) is 15.5. The number of carbonyl (C=O) groups is 3. The van der Waals surface area contributed by atoms with Crippen molar-refractivity contribution in [2.24, 2.45) is 5.92 Å². The molecule has 3 aliphatic heterocycles. The van der Waals surface area contributed by atoms with E-state index in [1.807, 2.05) is 47.4 Å². The average Bonchev–Trinajstić information content (AvgIpc) is 2.92. The van der Waals surface area contributed by atoms with Crippen LogP contribution in [0.3, 0.4) is 0 Å². The highest BCUT2D eigenvalue weighted by Gasteiger charge is 2.38. The lowest BCUT2D eigenvalue weighted by molar-refractivity contribution is -0.141. The summed E-state index contributed by atoms with van der Waals surface area (Å²) in [6.45, 7) is 3.95. The largest absolute Gasteiger partial charge is 0.497 e. The van der Waals surface area contributed by atoms with Gasteiger partial charge < -0.3 is 24.8 Å². The number of fused-ring (bicyclic) bond motifs is 1. The average molecular weight is 495 g/mol. The predicted octanol–water partition coefficient (Wildman–Crippen LogP) is 2.70. The number of likely N-dealkylation sites (tertiary alicyclic amines) is 1. The second-order valence-electron chi connectivity index (χ2n) is 9.10. The van der Waals surface area contributed by atoms with Gasteiger partial charge >= 0.3 is 0 Å². The van der Waals surface area contributed by atoms with Crippen molar-refractivity contribution in [2.75, 3.05) is 56.6 Å². The number of carbonyl (C=O) groups excluding carboxylic acids is 3. The number of hydrogen-bond acceptors (Lipinski definition) is 6. The SMILES string of the molecule is COc1cccc(N2CCN(C(=O)C3CCN(C(=O)[C@@H]4Sc5ccccc5NC4=O)CC3)CC2)c1. The first kappa shape index (κ1) is 23.5. The molecule has 2 aromatic carbocycles. The van der Waals surface area contributed by atoms with E-state index in [0.717, 1.165) is 35.1 Å². The summed E-state index contributed by atoms with van der Waals surface area (Å²) in [5, 5.41) is 2.07. The number of amides is 3. The van der Waals surface area contributed by atoms with Crippen LogP contribution in [-0.2, 0) is 14.4 Å². The van der Waals surface area contributed by atoms with Crippen LogP contribution >= 0.6 is 11.8 Å². The van der Waals surface area contributed by atoms with Gasteiger partial charge in [0.15, 0.2) is 5.25 Å². The Morgan fingerprint density at radius 3 is 2.37 bits per heavy atom. The van der Waals surface area contributed by atoms with Crippen LogP contribution < -0.4 is 15.0 Å². The number of anilines is 2. The van der Waals surface area contributed by atoms with Crippen molar-refractivity contribution in [3.05, 3.63) is 48.5 Å². The van der Waals surface area contributed by atoms with Crippen molar-refractivity contribution >= 4 is 40.9 Å². The highest BCUT2D eigenvalue weighted by atomic mass is 32.2. The first-order valence-electron chi connectivity index (χ1n) is 12.1. The molecule has 0 aliphatic carbocycles. The van der Waals surface area contributed by atoms with Gasteiger partial charge in [0.1, 0.15) is 5.75 Å². The molecule has 2 aromatic rings. The van der Waals surface area contributed by atoms with Gasteiger partial charge in [-0.1, -0.05) is 18.2 Å². The van der Waals surface area contributed by atoms with Crippen molar-refractivity contribution in [2.45, 2.75) is 23.0 Å². The summed E-state index contributed by atoms with van der Waals surface area (Å²) in [5.41, 5.74) is 1.86. The Morgan fingerprint density at radius 1 is 0.914 bits per heavy atom. The van der Waals surface area contributed by atoms with E-state index in [9.17, 15) is 14.4 Å². The van der Waals surface area contributed by atoms with Crippen LogP contribution in [0.4, 0.5) is 11.4 Å². The molecule has 5 rings (SSSR count). The number of benzene rings is 2. The van der Waals surface area contributed by atoms with Crippen molar-refractivity contribution < 1.29 is 19.1 Å². The molecular weight excluding hydrogens is 464 g/mol. The Labute approximate surface area is 209 Å². The highest BCUT2D eigenvalue weighted by molar-refractivity contribution is 8.01. The van der Waals surface area contributed by atoms with Gasteiger partial charge in [-0.15, -0.1) is 11.8 Å². The molecule has 0 radical (unpaired) electrons. The lowest BCUT2D eigenvalue weighted by atomic mass is 9.94. The Bertz CT molecular complexity index is 1110. The van der Waals surface area contributed by atoms with E-state index in [4.69, 9.17) is 4.74 Å². The third kappa shape index (κ3) is 4.96. The fourth-order valence-corrected chi connectivity index (χ4v) is 6.05. The van der Waals surface area contributed by atoms with Crippen LogP contribution in [0, 0.1) is 5.92 Å². The van der Waals surface area contributed by atoms with Crippen molar-refractivity contribution in [3.8, 4) is 5.75 Å². The molecule has 9 heteroatoms. The second kappa shape index (κ2) is 10.2. The highest BCUT2D eigenvalue weighted by Crippen LogP contribution is 2.36. The fourth-order valence-electron chi connectivity index (χ4n) is 4.98. The Balaban J connectivity index is 1.12. The molecule has 2 fully saturated rings. The number of nitrogens with zero attached hydrogens (tertiary/aromatic N) is 3. The fraction of sp³-hybridized carbons (Fsp3) is 0.423. The number of methoxy groups -OCH3 is 1. The van der Waals surface area contributed by atoms with Crippen LogP contribution in [0.25, 0.3) is 0 Å². The minimum Gasteiger partial charge on any atom is -0.497 e. The zero-order valence-electron chi connectivity index (χ0n) is 19.8. The molecular formula is C26H30N4O4S. The number of hydrogen-bond donors (Lipinski definition) is 1. The van der Waals surface area contributed by atoms with Crippen molar-refractivity contribution in [1.29, 1.82) is 0 Å². The molecule has 1 atom stereocenters. The van der Waals surface area contributed by atoms with E-state index in [1.54, 1.807) is 12.0 Å². The summed E-state index contributed by atoms with van der Waals surface area (Å²) in [5.74, 6) is 0.498. The molecule has 184 valence electrons. The molecule has 35 heavy (non-hydrogen) atoms. The second-order valence-corrected chi connectivity index (χ2v) is 10.2. The maximum absolute atomic E-state index is 13.2. The summed E-state index contributed by atoms with van der Waals surface area (Å²) in [4.78, 5) is 45.7. The Kier molecular flexibility index (Phi) is 6.86. The number of piperazine rings is 1. The maximum atomic E-state index is 13.2. The van der Waals surface area contributed by atoms with E-state index in [0.29, 0.717) is 39.0 Å². The number of para-hydroxylation sites is 1. The zero-order chi connectivity index (χ0) is 24.4. The van der Waals surface area contributed by atoms with Gasteiger partial charge in [-0.2, -0.15) is 0 Å². The van der Waals surface area contributed by atoms with Crippen molar-refractivity contribution in [1.82, 2.24) is 9.80 Å². The van der Waals surface area contributed by atoms with Crippen LogP contribution in [-0.4, -0.2) is 79.1 Å². The van der Waals surface area contributed by atoms with Gasteiger partial charge in [0.2, 0.25) is 17.7 Å². The summed E-state index contributed by atoms with van der Waals surface area (Å²) >= 11 is 1.31. The molecule has 1 N–H and O–H groups in total. The van der Waals surface area contributed by atoms with E-state index >= 15 is 0 Å². The minimum atomic E-state index is -0.776. The summed E-state index contributed by atoms with van der Waals surface area (Å²) in [7, 11) is 1.66. The number of piperidine rings is 1. The minimum absolute atomic E-state index is 0.0732. The number of thioether (sulfide) groups is 1. The molecule has 0 spiro atoms. The molecule has 3 heterocycles. The van der Waals surface area contributed by atoms with Crippen molar-refractivity contribution in [3.63, 3.8) is 0 Å². The monoisotopic (exact) mass is 494 g/mol. The molecule has 0 saturated carbocycles. The number of rotatable bonds is 4. The Morgan fingerprint density at radius 2 is 1.63 bits per heavy atom. The quantitative estimate of drug-likeness (QED) is 0.659.